The number of halogens is 3. The fourth-order valence-corrected chi connectivity index (χ4v) is 4.47. The number of ether oxygens (including phenoxy) is 1. The van der Waals surface area contributed by atoms with Gasteiger partial charge in [-0.25, -0.2) is 19.6 Å². The molecule has 37 heavy (non-hydrogen) atoms. The van der Waals surface area contributed by atoms with Crippen molar-refractivity contribution in [3.63, 3.8) is 0 Å². The van der Waals surface area contributed by atoms with Crippen molar-refractivity contribution in [1.82, 2.24) is 34.1 Å². The third-order valence-corrected chi connectivity index (χ3v) is 6.47. The summed E-state index contributed by atoms with van der Waals surface area (Å²) in [5.41, 5.74) is 4.29. The van der Waals surface area contributed by atoms with E-state index in [-0.39, 0.29) is 0 Å². The van der Waals surface area contributed by atoms with Gasteiger partial charge in [-0.05, 0) is 43.5 Å². The predicted octanol–water partition coefficient (Wildman–Crippen LogP) is 5.18. The molecule has 0 N–H and O–H groups in total. The van der Waals surface area contributed by atoms with Gasteiger partial charge in [0, 0.05) is 24.2 Å². The Labute approximate surface area is 209 Å². The van der Waals surface area contributed by atoms with E-state index in [9.17, 15) is 13.2 Å². The highest BCUT2D eigenvalue weighted by atomic mass is 19.4. The molecule has 5 aromatic rings. The molecular weight excluding hydrogens is 483 g/mol. The van der Waals surface area contributed by atoms with Gasteiger partial charge in [0.05, 0.1) is 47.7 Å². The first-order chi connectivity index (χ1) is 17.8. The Morgan fingerprint density at radius 1 is 1.03 bits per heavy atom. The van der Waals surface area contributed by atoms with Gasteiger partial charge in [0.2, 0.25) is 5.88 Å². The fraction of sp³-hybridized carbons (Fsp3) is 0.269. The van der Waals surface area contributed by atoms with Crippen molar-refractivity contribution in [2.45, 2.75) is 38.3 Å². The molecule has 11 heteroatoms. The van der Waals surface area contributed by atoms with Crippen LogP contribution in [0.25, 0.3) is 22.5 Å². The molecule has 0 radical (unpaired) electrons. The van der Waals surface area contributed by atoms with E-state index >= 15 is 0 Å². The molecule has 4 heterocycles. The molecule has 4 aromatic heterocycles. The zero-order valence-corrected chi connectivity index (χ0v) is 20.1. The fourth-order valence-electron chi connectivity index (χ4n) is 4.47. The summed E-state index contributed by atoms with van der Waals surface area (Å²) in [4.78, 5) is 18.0. The third-order valence-electron chi connectivity index (χ3n) is 6.47. The Morgan fingerprint density at radius 2 is 1.78 bits per heavy atom. The second-order valence-electron chi connectivity index (χ2n) is 9.08. The zero-order valence-electron chi connectivity index (χ0n) is 20.1. The number of methoxy groups -OCH3 is 1. The third kappa shape index (κ3) is 4.30. The number of nitrogens with zero attached hydrogens (tertiary/aromatic N) is 7. The Balaban J connectivity index is 1.31. The van der Waals surface area contributed by atoms with E-state index in [1.165, 1.54) is 11.0 Å². The standard InChI is InChI=1S/C26H22F3N7O/c1-15-9-21(26(27,28)29)34-36(15)18-7-3-16(4-8-18)10-22-31-12-19-11-30-20(13-35(19)22)23-24(17-5-6-17)32-14-33-25(23)37-2/h3-4,7-9,11-14,17H,5-6,10H2,1-2H3. The van der Waals surface area contributed by atoms with Crippen LogP contribution in [0.15, 0.2) is 55.2 Å². The maximum absolute atomic E-state index is 13.0. The predicted molar refractivity (Wildman–Crippen MR) is 129 cm³/mol. The average Bonchev–Trinajstić information content (AvgIpc) is 3.55. The normalized spacial score (nSPS) is 13.9. The van der Waals surface area contributed by atoms with E-state index < -0.39 is 11.9 Å². The van der Waals surface area contributed by atoms with Gasteiger partial charge >= 0.3 is 6.18 Å². The average molecular weight is 506 g/mol. The first-order valence-electron chi connectivity index (χ1n) is 11.8. The molecule has 0 atom stereocenters. The highest BCUT2D eigenvalue weighted by Crippen LogP contribution is 2.45. The van der Waals surface area contributed by atoms with Gasteiger partial charge < -0.3 is 4.74 Å². The highest BCUT2D eigenvalue weighted by Gasteiger charge is 2.34. The van der Waals surface area contributed by atoms with E-state index in [0.717, 1.165) is 47.1 Å². The number of fused-ring (bicyclic) bond motifs is 1. The highest BCUT2D eigenvalue weighted by molar-refractivity contribution is 5.69. The smallest absolute Gasteiger partial charge is 0.435 e. The molecule has 0 unspecified atom stereocenters. The molecule has 0 saturated heterocycles. The van der Waals surface area contributed by atoms with Gasteiger partial charge in [-0.2, -0.15) is 18.3 Å². The van der Waals surface area contributed by atoms with Crippen LogP contribution in [0.2, 0.25) is 0 Å². The van der Waals surface area contributed by atoms with Crippen molar-refractivity contribution >= 4 is 5.52 Å². The second-order valence-corrected chi connectivity index (χ2v) is 9.08. The van der Waals surface area contributed by atoms with Crippen LogP contribution < -0.4 is 4.74 Å². The molecule has 8 nitrogen and oxygen atoms in total. The Bertz CT molecular complexity index is 1600. The molecule has 1 aliphatic rings. The minimum absolute atomic E-state index is 0.385. The molecular formula is C26H22F3N7O. The lowest BCUT2D eigenvalue weighted by Crippen LogP contribution is -2.07. The number of rotatable bonds is 6. The second kappa shape index (κ2) is 8.68. The lowest BCUT2D eigenvalue weighted by molar-refractivity contribution is -0.141. The van der Waals surface area contributed by atoms with Gasteiger partial charge in [0.1, 0.15) is 12.2 Å². The van der Waals surface area contributed by atoms with Gasteiger partial charge in [-0.15, -0.1) is 0 Å². The first-order valence-corrected chi connectivity index (χ1v) is 11.8. The number of aromatic nitrogens is 7. The van der Waals surface area contributed by atoms with E-state index in [1.54, 1.807) is 38.6 Å². The largest absolute Gasteiger partial charge is 0.480 e. The summed E-state index contributed by atoms with van der Waals surface area (Å²) >= 11 is 0. The summed E-state index contributed by atoms with van der Waals surface area (Å²) in [5.74, 6) is 1.67. The molecule has 0 aliphatic heterocycles. The van der Waals surface area contributed by atoms with Gasteiger partial charge in [-0.1, -0.05) is 12.1 Å². The summed E-state index contributed by atoms with van der Waals surface area (Å²) in [7, 11) is 1.59. The summed E-state index contributed by atoms with van der Waals surface area (Å²) in [6.45, 7) is 1.60. The van der Waals surface area contributed by atoms with Crippen LogP contribution in [-0.4, -0.2) is 41.2 Å². The van der Waals surface area contributed by atoms with Crippen molar-refractivity contribution < 1.29 is 17.9 Å². The topological polar surface area (TPSA) is 83.0 Å². The van der Waals surface area contributed by atoms with E-state index in [0.29, 0.717) is 35.3 Å². The Morgan fingerprint density at radius 3 is 2.46 bits per heavy atom. The lowest BCUT2D eigenvalue weighted by atomic mass is 10.1. The lowest BCUT2D eigenvalue weighted by Gasteiger charge is -2.12. The first kappa shape index (κ1) is 23.1. The maximum atomic E-state index is 13.0. The molecule has 6 rings (SSSR count). The number of hydrogen-bond acceptors (Lipinski definition) is 6. The number of benzene rings is 1. The Hall–Kier alpha value is -4.28. The number of imidazole rings is 1. The molecule has 1 aliphatic carbocycles. The number of alkyl halides is 3. The van der Waals surface area contributed by atoms with Crippen molar-refractivity contribution in [1.29, 1.82) is 0 Å². The molecule has 1 saturated carbocycles. The van der Waals surface area contributed by atoms with Crippen molar-refractivity contribution in [2.75, 3.05) is 7.11 Å². The van der Waals surface area contributed by atoms with Crippen LogP contribution in [0.4, 0.5) is 13.2 Å². The van der Waals surface area contributed by atoms with E-state index in [2.05, 4.69) is 25.0 Å². The minimum atomic E-state index is -4.49. The summed E-state index contributed by atoms with van der Waals surface area (Å²) in [6.07, 6.45) is 5.15. The quantitative estimate of drug-likeness (QED) is 0.316. The molecule has 0 amide bonds. The van der Waals surface area contributed by atoms with Gasteiger partial charge in [0.25, 0.3) is 0 Å². The van der Waals surface area contributed by atoms with Gasteiger partial charge in [0.15, 0.2) is 5.69 Å². The van der Waals surface area contributed by atoms with E-state index in [1.807, 2.05) is 22.7 Å². The van der Waals surface area contributed by atoms with Gasteiger partial charge in [-0.3, -0.25) is 9.38 Å². The minimum Gasteiger partial charge on any atom is -0.480 e. The molecule has 1 fully saturated rings. The summed E-state index contributed by atoms with van der Waals surface area (Å²) in [5, 5.41) is 3.72. The Kier molecular flexibility index (Phi) is 5.43. The summed E-state index contributed by atoms with van der Waals surface area (Å²) in [6, 6.07) is 8.29. The van der Waals surface area contributed by atoms with Crippen LogP contribution >= 0.6 is 0 Å². The van der Waals surface area contributed by atoms with Crippen LogP contribution in [-0.2, 0) is 12.6 Å². The molecule has 1 aromatic carbocycles. The maximum Gasteiger partial charge on any atom is 0.435 e. The number of aryl methyl sites for hydroxylation is 1. The van der Waals surface area contributed by atoms with E-state index in [4.69, 9.17) is 4.74 Å². The van der Waals surface area contributed by atoms with Crippen LogP contribution in [0.5, 0.6) is 5.88 Å². The molecule has 0 spiro atoms. The van der Waals surface area contributed by atoms with Crippen LogP contribution in [0.1, 0.15) is 47.2 Å². The SMILES string of the molecule is COc1ncnc(C2CC2)c1-c1cn2c(Cc3ccc(-n4nc(C(F)(F)F)cc4C)cc3)ncc2cn1. The molecule has 0 bridgehead atoms. The number of hydrogen-bond donors (Lipinski definition) is 0. The van der Waals surface area contributed by atoms with Crippen molar-refractivity contribution in [2.24, 2.45) is 0 Å². The van der Waals surface area contributed by atoms with Crippen LogP contribution in [0, 0.1) is 6.92 Å². The van der Waals surface area contributed by atoms with Crippen LogP contribution in [0.3, 0.4) is 0 Å². The monoisotopic (exact) mass is 505 g/mol. The van der Waals surface area contributed by atoms with Crippen molar-refractivity contribution in [3.8, 4) is 22.8 Å². The zero-order chi connectivity index (χ0) is 25.7. The van der Waals surface area contributed by atoms with Crippen molar-refractivity contribution in [3.05, 3.63) is 83.7 Å². The summed E-state index contributed by atoms with van der Waals surface area (Å²) < 4.78 is 47.9. The molecule has 188 valence electrons.